The summed E-state index contributed by atoms with van der Waals surface area (Å²) in [6, 6.07) is 7.49. The van der Waals surface area contributed by atoms with Crippen LogP contribution in [0.5, 0.6) is 5.88 Å². The van der Waals surface area contributed by atoms with E-state index >= 15 is 0 Å². The standard InChI is InChI=1S/C16H14ClF2N5O/c1-9-7-14(17)21-22-16(9)25-8-13-10(2)20-23-24(13)12-5-3-11(4-6-12)15(18)19/h3-7,15H,8H2,1-2H3. The number of aromatic nitrogens is 5. The topological polar surface area (TPSA) is 65.7 Å². The van der Waals surface area contributed by atoms with E-state index in [-0.39, 0.29) is 17.3 Å². The van der Waals surface area contributed by atoms with E-state index in [1.54, 1.807) is 36.7 Å². The Balaban J connectivity index is 1.84. The third kappa shape index (κ3) is 3.74. The summed E-state index contributed by atoms with van der Waals surface area (Å²) in [5.41, 5.74) is 2.66. The maximum absolute atomic E-state index is 12.7. The Hall–Kier alpha value is -2.61. The number of hydrogen-bond donors (Lipinski definition) is 0. The van der Waals surface area contributed by atoms with Crippen molar-refractivity contribution in [3.05, 3.63) is 58.0 Å². The van der Waals surface area contributed by atoms with Crippen molar-refractivity contribution in [1.29, 1.82) is 0 Å². The zero-order valence-electron chi connectivity index (χ0n) is 13.4. The van der Waals surface area contributed by atoms with Crippen molar-refractivity contribution in [3.63, 3.8) is 0 Å². The first-order valence-electron chi connectivity index (χ1n) is 7.38. The number of alkyl halides is 2. The van der Waals surface area contributed by atoms with Crippen LogP contribution >= 0.6 is 11.6 Å². The lowest BCUT2D eigenvalue weighted by atomic mass is 10.2. The minimum Gasteiger partial charge on any atom is -0.470 e. The molecular weight excluding hydrogens is 352 g/mol. The van der Waals surface area contributed by atoms with E-state index in [0.717, 1.165) is 5.56 Å². The van der Waals surface area contributed by atoms with Crippen LogP contribution in [0.4, 0.5) is 8.78 Å². The minimum absolute atomic E-state index is 0.0505. The summed E-state index contributed by atoms with van der Waals surface area (Å²) in [4.78, 5) is 0. The van der Waals surface area contributed by atoms with Gasteiger partial charge in [0.1, 0.15) is 12.3 Å². The third-order valence-electron chi connectivity index (χ3n) is 3.60. The predicted octanol–water partition coefficient (Wildman–Crippen LogP) is 3.84. The molecule has 0 saturated carbocycles. The molecular formula is C16H14ClF2N5O. The van der Waals surface area contributed by atoms with E-state index in [1.807, 2.05) is 0 Å². The van der Waals surface area contributed by atoms with Crippen LogP contribution in [0.2, 0.25) is 5.15 Å². The molecule has 0 aliphatic rings. The molecule has 2 heterocycles. The fourth-order valence-corrected chi connectivity index (χ4v) is 2.43. The van der Waals surface area contributed by atoms with Crippen molar-refractivity contribution >= 4 is 11.6 Å². The molecule has 1 aromatic carbocycles. The average Bonchev–Trinajstić information content (AvgIpc) is 2.95. The molecule has 0 amide bonds. The van der Waals surface area contributed by atoms with E-state index < -0.39 is 6.43 Å². The van der Waals surface area contributed by atoms with Gasteiger partial charge in [-0.2, -0.15) is 0 Å². The van der Waals surface area contributed by atoms with E-state index in [4.69, 9.17) is 16.3 Å². The third-order valence-corrected chi connectivity index (χ3v) is 3.79. The van der Waals surface area contributed by atoms with Gasteiger partial charge >= 0.3 is 0 Å². The normalized spacial score (nSPS) is 11.1. The summed E-state index contributed by atoms with van der Waals surface area (Å²) in [5.74, 6) is 0.351. The monoisotopic (exact) mass is 365 g/mol. The Labute approximate surface area is 147 Å². The van der Waals surface area contributed by atoms with Gasteiger partial charge in [0, 0.05) is 11.1 Å². The van der Waals surface area contributed by atoms with Crippen LogP contribution in [-0.4, -0.2) is 25.2 Å². The van der Waals surface area contributed by atoms with Gasteiger partial charge in [0.2, 0.25) is 5.88 Å². The zero-order chi connectivity index (χ0) is 18.0. The maximum atomic E-state index is 12.7. The predicted molar refractivity (Wildman–Crippen MR) is 87.2 cm³/mol. The highest BCUT2D eigenvalue weighted by Crippen LogP contribution is 2.22. The van der Waals surface area contributed by atoms with Gasteiger partial charge in [-0.3, -0.25) is 0 Å². The lowest BCUT2D eigenvalue weighted by molar-refractivity contribution is 0.151. The molecule has 0 atom stereocenters. The van der Waals surface area contributed by atoms with Crippen molar-refractivity contribution in [2.24, 2.45) is 0 Å². The molecule has 0 spiro atoms. The molecule has 130 valence electrons. The Morgan fingerprint density at radius 2 is 1.84 bits per heavy atom. The van der Waals surface area contributed by atoms with Gasteiger partial charge in [0.05, 0.1) is 11.4 Å². The molecule has 0 aliphatic carbocycles. The van der Waals surface area contributed by atoms with Gasteiger partial charge in [0.25, 0.3) is 6.43 Å². The Kier molecular flexibility index (Phi) is 4.89. The molecule has 9 heteroatoms. The van der Waals surface area contributed by atoms with Crippen LogP contribution in [0.25, 0.3) is 5.69 Å². The second-order valence-electron chi connectivity index (χ2n) is 5.37. The quantitative estimate of drug-likeness (QED) is 0.687. The Morgan fingerprint density at radius 1 is 1.12 bits per heavy atom. The number of nitrogens with zero attached hydrogens (tertiary/aromatic N) is 5. The second kappa shape index (κ2) is 7.10. The van der Waals surface area contributed by atoms with Crippen LogP contribution < -0.4 is 4.74 Å². The molecule has 3 rings (SSSR count). The number of aryl methyl sites for hydroxylation is 2. The number of benzene rings is 1. The van der Waals surface area contributed by atoms with Crippen LogP contribution in [0, 0.1) is 13.8 Å². The van der Waals surface area contributed by atoms with E-state index in [9.17, 15) is 8.78 Å². The van der Waals surface area contributed by atoms with Crippen LogP contribution in [-0.2, 0) is 6.61 Å². The Morgan fingerprint density at radius 3 is 2.48 bits per heavy atom. The maximum Gasteiger partial charge on any atom is 0.263 e. The highest BCUT2D eigenvalue weighted by molar-refractivity contribution is 6.29. The molecule has 0 radical (unpaired) electrons. The summed E-state index contributed by atoms with van der Waals surface area (Å²) in [5, 5.41) is 16.0. The zero-order valence-corrected chi connectivity index (χ0v) is 14.2. The number of ether oxygens (including phenoxy) is 1. The summed E-state index contributed by atoms with van der Waals surface area (Å²) >= 11 is 5.78. The minimum atomic E-state index is -2.51. The summed E-state index contributed by atoms with van der Waals surface area (Å²) in [6.07, 6.45) is -2.51. The van der Waals surface area contributed by atoms with Gasteiger partial charge < -0.3 is 4.74 Å². The van der Waals surface area contributed by atoms with E-state index in [1.165, 1.54) is 12.1 Å². The number of halogens is 3. The van der Waals surface area contributed by atoms with E-state index in [0.29, 0.717) is 23.0 Å². The van der Waals surface area contributed by atoms with Gasteiger partial charge in [-0.1, -0.05) is 28.9 Å². The molecule has 0 aliphatic heterocycles. The highest BCUT2D eigenvalue weighted by atomic mass is 35.5. The Bertz CT molecular complexity index is 883. The van der Waals surface area contributed by atoms with Crippen LogP contribution in [0.1, 0.15) is 28.9 Å². The van der Waals surface area contributed by atoms with Crippen molar-refractivity contribution in [3.8, 4) is 11.6 Å². The highest BCUT2D eigenvalue weighted by Gasteiger charge is 2.14. The fourth-order valence-electron chi connectivity index (χ4n) is 2.23. The van der Waals surface area contributed by atoms with Crippen molar-refractivity contribution in [1.82, 2.24) is 25.2 Å². The first-order valence-corrected chi connectivity index (χ1v) is 7.76. The van der Waals surface area contributed by atoms with Crippen molar-refractivity contribution < 1.29 is 13.5 Å². The smallest absolute Gasteiger partial charge is 0.263 e. The summed E-state index contributed by atoms with van der Waals surface area (Å²) in [6.45, 7) is 3.74. The molecule has 3 aromatic rings. The van der Waals surface area contributed by atoms with Crippen LogP contribution in [0.15, 0.2) is 30.3 Å². The molecule has 6 nitrogen and oxygen atoms in total. The molecule has 0 N–H and O–H groups in total. The first-order chi connectivity index (χ1) is 12.0. The van der Waals surface area contributed by atoms with Crippen molar-refractivity contribution in [2.45, 2.75) is 26.9 Å². The fraction of sp³-hybridized carbons (Fsp3) is 0.250. The first kappa shape index (κ1) is 17.2. The molecule has 0 bridgehead atoms. The number of rotatable bonds is 5. The van der Waals surface area contributed by atoms with Gasteiger partial charge in [-0.15, -0.1) is 15.3 Å². The molecule has 2 aromatic heterocycles. The summed E-state index contributed by atoms with van der Waals surface area (Å²) < 4.78 is 32.6. The molecule has 0 saturated heterocycles. The van der Waals surface area contributed by atoms with Crippen LogP contribution in [0.3, 0.4) is 0 Å². The van der Waals surface area contributed by atoms with Gasteiger partial charge in [-0.25, -0.2) is 13.5 Å². The molecule has 0 unspecified atom stereocenters. The van der Waals surface area contributed by atoms with Crippen molar-refractivity contribution in [2.75, 3.05) is 0 Å². The van der Waals surface area contributed by atoms with Gasteiger partial charge in [-0.05, 0) is 32.0 Å². The number of hydrogen-bond acceptors (Lipinski definition) is 5. The molecule has 0 fully saturated rings. The lowest BCUT2D eigenvalue weighted by Gasteiger charge is -2.10. The van der Waals surface area contributed by atoms with Gasteiger partial charge in [0.15, 0.2) is 5.15 Å². The molecule has 25 heavy (non-hydrogen) atoms. The summed E-state index contributed by atoms with van der Waals surface area (Å²) in [7, 11) is 0. The average molecular weight is 366 g/mol. The van der Waals surface area contributed by atoms with E-state index in [2.05, 4.69) is 20.5 Å². The lowest BCUT2D eigenvalue weighted by Crippen LogP contribution is -2.08. The largest absolute Gasteiger partial charge is 0.470 e. The SMILES string of the molecule is Cc1cc(Cl)nnc1OCc1c(C)nnn1-c1ccc(C(F)F)cc1. The second-order valence-corrected chi connectivity index (χ2v) is 5.76.